The number of rotatable bonds is 6. The monoisotopic (exact) mass is 318 g/mol. The van der Waals surface area contributed by atoms with Crippen LogP contribution in [0.4, 0.5) is 0 Å². The molecule has 0 aromatic carbocycles. The third kappa shape index (κ3) is 8.13. The molecule has 0 heterocycles. The Balaban J connectivity index is 1.86. The van der Waals surface area contributed by atoms with Gasteiger partial charge in [0, 0.05) is 35.3 Å². The third-order valence-corrected chi connectivity index (χ3v) is 5.05. The van der Waals surface area contributed by atoms with E-state index in [0.29, 0.717) is 12.1 Å². The first-order chi connectivity index (χ1) is 10.9. The highest BCUT2D eigenvalue weighted by molar-refractivity contribution is 5.69. The summed E-state index contributed by atoms with van der Waals surface area (Å²) in [7, 11) is 0. The van der Waals surface area contributed by atoms with E-state index in [4.69, 9.17) is 9.98 Å². The van der Waals surface area contributed by atoms with Gasteiger partial charge in [-0.3, -0.25) is 9.98 Å². The van der Waals surface area contributed by atoms with Crippen LogP contribution in [0.3, 0.4) is 0 Å². The highest BCUT2D eigenvalue weighted by Crippen LogP contribution is 2.33. The summed E-state index contributed by atoms with van der Waals surface area (Å²) in [6.07, 6.45) is 19.1. The van der Waals surface area contributed by atoms with Gasteiger partial charge in [-0.05, 0) is 32.1 Å². The highest BCUT2D eigenvalue weighted by atomic mass is 14.8. The lowest BCUT2D eigenvalue weighted by Crippen LogP contribution is -2.26. The van der Waals surface area contributed by atoms with Gasteiger partial charge in [-0.1, -0.05) is 66.2 Å². The van der Waals surface area contributed by atoms with Crippen molar-refractivity contribution in [2.75, 3.05) is 0 Å². The fourth-order valence-electron chi connectivity index (χ4n) is 3.86. The lowest BCUT2D eigenvalue weighted by molar-refractivity contribution is 0.347. The lowest BCUT2D eigenvalue weighted by atomic mass is 9.76. The summed E-state index contributed by atoms with van der Waals surface area (Å²) in [6, 6.07) is 1.19. The number of hydrogen-bond donors (Lipinski definition) is 0. The van der Waals surface area contributed by atoms with E-state index in [-0.39, 0.29) is 10.8 Å². The van der Waals surface area contributed by atoms with Gasteiger partial charge in [0.2, 0.25) is 0 Å². The number of aliphatic imine (C=N–C) groups is 2. The Morgan fingerprint density at radius 1 is 0.652 bits per heavy atom. The quantitative estimate of drug-likeness (QED) is 0.518. The smallest absolute Gasteiger partial charge is 0.0497 e. The predicted molar refractivity (Wildman–Crippen MR) is 103 cm³/mol. The molecule has 0 N–H and O–H groups in total. The van der Waals surface area contributed by atoms with Gasteiger partial charge >= 0.3 is 0 Å². The van der Waals surface area contributed by atoms with Crippen LogP contribution in [0.25, 0.3) is 0 Å². The van der Waals surface area contributed by atoms with Crippen molar-refractivity contribution in [3.63, 3.8) is 0 Å². The molecule has 23 heavy (non-hydrogen) atoms. The molecule has 2 rings (SSSR count). The van der Waals surface area contributed by atoms with Gasteiger partial charge < -0.3 is 0 Å². The molecule has 2 aliphatic carbocycles. The van der Waals surface area contributed by atoms with Crippen molar-refractivity contribution in [2.24, 2.45) is 20.8 Å². The average Bonchev–Trinajstić information content (AvgIpc) is 3.25. The van der Waals surface area contributed by atoms with E-state index in [2.05, 4.69) is 40.1 Å². The molecule has 2 aliphatic rings. The van der Waals surface area contributed by atoms with E-state index in [1.165, 1.54) is 64.2 Å². The molecular formula is C21H38N2. The first-order valence-electron chi connectivity index (χ1n) is 9.95. The molecule has 0 aromatic rings. The standard InChI is InChI=1S/C21H38N2/c1-20(2,15-21(3,4)17-23-19-13-14-19)16-22-18-11-9-7-5-6-8-10-12-18/h16-19H,5-15H2,1-4H3. The minimum absolute atomic E-state index is 0.150. The van der Waals surface area contributed by atoms with E-state index in [0.717, 1.165) is 6.42 Å². The maximum absolute atomic E-state index is 5.02. The molecule has 0 aromatic heterocycles. The van der Waals surface area contributed by atoms with Crippen LogP contribution in [0.15, 0.2) is 9.98 Å². The van der Waals surface area contributed by atoms with E-state index < -0.39 is 0 Å². The van der Waals surface area contributed by atoms with Gasteiger partial charge in [0.25, 0.3) is 0 Å². The largest absolute Gasteiger partial charge is 0.294 e. The molecule has 0 amide bonds. The Morgan fingerprint density at radius 2 is 1.04 bits per heavy atom. The predicted octanol–water partition coefficient (Wildman–Crippen LogP) is 6.24. The van der Waals surface area contributed by atoms with Crippen LogP contribution < -0.4 is 0 Å². The minimum atomic E-state index is 0.150. The Morgan fingerprint density at radius 3 is 1.48 bits per heavy atom. The van der Waals surface area contributed by atoms with Gasteiger partial charge in [-0.15, -0.1) is 0 Å². The summed E-state index contributed by atoms with van der Waals surface area (Å²) in [6.45, 7) is 9.29. The molecule has 0 radical (unpaired) electrons. The summed E-state index contributed by atoms with van der Waals surface area (Å²) in [5.74, 6) is 0. The molecule has 2 nitrogen and oxygen atoms in total. The molecule has 2 heteroatoms. The first-order valence-corrected chi connectivity index (χ1v) is 9.95. The van der Waals surface area contributed by atoms with Crippen LogP contribution in [0, 0.1) is 10.8 Å². The zero-order valence-electron chi connectivity index (χ0n) is 16.0. The van der Waals surface area contributed by atoms with Gasteiger partial charge in [-0.25, -0.2) is 0 Å². The van der Waals surface area contributed by atoms with Gasteiger partial charge in [0.1, 0.15) is 0 Å². The summed E-state index contributed by atoms with van der Waals surface area (Å²) < 4.78 is 0. The molecule has 0 spiro atoms. The fraction of sp³-hybridized carbons (Fsp3) is 0.905. The van der Waals surface area contributed by atoms with Crippen molar-refractivity contribution in [3.05, 3.63) is 0 Å². The molecule has 2 saturated carbocycles. The maximum atomic E-state index is 5.02. The van der Waals surface area contributed by atoms with Crippen molar-refractivity contribution in [3.8, 4) is 0 Å². The van der Waals surface area contributed by atoms with Crippen LogP contribution in [-0.4, -0.2) is 24.5 Å². The molecule has 0 atom stereocenters. The van der Waals surface area contributed by atoms with Gasteiger partial charge in [-0.2, -0.15) is 0 Å². The number of nitrogens with zero attached hydrogens (tertiary/aromatic N) is 2. The van der Waals surface area contributed by atoms with E-state index in [9.17, 15) is 0 Å². The Kier molecular flexibility index (Phi) is 6.85. The maximum Gasteiger partial charge on any atom is 0.0497 e. The molecule has 0 bridgehead atoms. The van der Waals surface area contributed by atoms with Crippen LogP contribution in [-0.2, 0) is 0 Å². The molecule has 0 saturated heterocycles. The second kappa shape index (κ2) is 8.44. The first kappa shape index (κ1) is 18.7. The van der Waals surface area contributed by atoms with Gasteiger partial charge in [0.15, 0.2) is 0 Å². The van der Waals surface area contributed by atoms with E-state index in [1.807, 2.05) is 0 Å². The topological polar surface area (TPSA) is 24.7 Å². The summed E-state index contributed by atoms with van der Waals surface area (Å²) in [4.78, 5) is 9.73. The van der Waals surface area contributed by atoms with Crippen molar-refractivity contribution in [2.45, 2.75) is 110 Å². The van der Waals surface area contributed by atoms with Crippen molar-refractivity contribution >= 4 is 12.4 Å². The van der Waals surface area contributed by atoms with E-state index >= 15 is 0 Å². The zero-order valence-corrected chi connectivity index (χ0v) is 16.0. The lowest BCUT2D eigenvalue weighted by Gasteiger charge is -2.30. The van der Waals surface area contributed by atoms with Crippen LogP contribution in [0.2, 0.25) is 0 Å². The molecule has 2 fully saturated rings. The third-order valence-electron chi connectivity index (χ3n) is 5.05. The Bertz CT molecular complexity index is 392. The van der Waals surface area contributed by atoms with Crippen LogP contribution in [0.1, 0.15) is 98.3 Å². The Labute approximate surface area is 144 Å². The normalized spacial score (nSPS) is 23.1. The Hall–Kier alpha value is -0.660. The minimum Gasteiger partial charge on any atom is -0.294 e. The second-order valence-electron chi connectivity index (χ2n) is 9.29. The van der Waals surface area contributed by atoms with Crippen LogP contribution >= 0.6 is 0 Å². The summed E-state index contributed by atoms with van der Waals surface area (Å²) >= 11 is 0. The van der Waals surface area contributed by atoms with Crippen LogP contribution in [0.5, 0.6) is 0 Å². The summed E-state index contributed by atoms with van der Waals surface area (Å²) in [5.41, 5.74) is 0.314. The summed E-state index contributed by atoms with van der Waals surface area (Å²) in [5, 5.41) is 0. The highest BCUT2D eigenvalue weighted by Gasteiger charge is 2.28. The zero-order chi connectivity index (χ0) is 16.8. The fourth-order valence-corrected chi connectivity index (χ4v) is 3.86. The molecular weight excluding hydrogens is 280 g/mol. The van der Waals surface area contributed by atoms with Crippen molar-refractivity contribution in [1.82, 2.24) is 0 Å². The second-order valence-corrected chi connectivity index (χ2v) is 9.29. The number of hydrogen-bond acceptors (Lipinski definition) is 2. The van der Waals surface area contributed by atoms with Gasteiger partial charge in [0.05, 0.1) is 0 Å². The van der Waals surface area contributed by atoms with E-state index in [1.54, 1.807) is 0 Å². The molecule has 132 valence electrons. The average molecular weight is 319 g/mol. The van der Waals surface area contributed by atoms with Crippen molar-refractivity contribution < 1.29 is 0 Å². The molecule has 0 unspecified atom stereocenters. The SMILES string of the molecule is CC(C)(C=NC1CCCCCCCC1)CC(C)(C)C=NC1CC1. The van der Waals surface area contributed by atoms with Crippen molar-refractivity contribution in [1.29, 1.82) is 0 Å². The molecule has 0 aliphatic heterocycles.